The van der Waals surface area contributed by atoms with Crippen LogP contribution in [0.25, 0.3) is 0 Å². The molecule has 2 atom stereocenters. The van der Waals surface area contributed by atoms with Gasteiger partial charge >= 0.3 is 18.3 Å². The lowest BCUT2D eigenvalue weighted by Crippen LogP contribution is -2.38. The van der Waals surface area contributed by atoms with Crippen molar-refractivity contribution in [2.75, 3.05) is 0 Å². The molecule has 0 spiro atoms. The smallest absolute Gasteiger partial charge is 0.413 e. The third-order valence-electron chi connectivity index (χ3n) is 4.43. The van der Waals surface area contributed by atoms with Crippen molar-refractivity contribution in [3.8, 4) is 0 Å². The maximum atomic E-state index is 13.0. The minimum absolute atomic E-state index is 0.186. The molecular weight excluding hydrogens is 478 g/mol. The SMILES string of the molecule is CC(CCCC(OC(N)=O)OC(=O)N(Cc1cccs1)Cc1cccs1)NC(=O)OC(C)(C)C. The summed E-state index contributed by atoms with van der Waals surface area (Å²) in [6.45, 7) is 7.94. The Morgan fingerprint density at radius 2 is 1.62 bits per heavy atom. The highest BCUT2D eigenvalue weighted by atomic mass is 32.1. The van der Waals surface area contributed by atoms with Gasteiger partial charge in [0.1, 0.15) is 5.60 Å². The monoisotopic (exact) mass is 511 g/mol. The first-order valence-corrected chi connectivity index (χ1v) is 12.7. The van der Waals surface area contributed by atoms with Gasteiger partial charge in [0.2, 0.25) is 0 Å². The van der Waals surface area contributed by atoms with Crippen LogP contribution in [0.4, 0.5) is 14.4 Å². The van der Waals surface area contributed by atoms with Gasteiger partial charge in [0, 0.05) is 22.2 Å². The van der Waals surface area contributed by atoms with Crippen LogP contribution < -0.4 is 11.1 Å². The predicted octanol–water partition coefficient (Wildman–Crippen LogP) is 5.45. The number of thiophene rings is 2. The molecule has 0 aromatic carbocycles. The van der Waals surface area contributed by atoms with E-state index in [1.165, 1.54) is 22.7 Å². The Kier molecular flexibility index (Phi) is 10.6. The molecule has 3 N–H and O–H groups in total. The Balaban J connectivity index is 1.92. The Hall–Kier alpha value is -2.79. The number of nitrogens with one attached hydrogen (secondary N) is 1. The third-order valence-corrected chi connectivity index (χ3v) is 6.15. The summed E-state index contributed by atoms with van der Waals surface area (Å²) in [6.07, 6.45) is -1.96. The molecule has 2 aromatic rings. The number of primary amides is 1. The predicted molar refractivity (Wildman–Crippen MR) is 132 cm³/mol. The average Bonchev–Trinajstić information content (AvgIpc) is 3.39. The largest absolute Gasteiger partial charge is 0.444 e. The molecule has 0 aliphatic carbocycles. The molecule has 0 fully saturated rings. The molecule has 0 aliphatic heterocycles. The van der Waals surface area contributed by atoms with Crippen LogP contribution in [0, 0.1) is 0 Å². The molecule has 2 rings (SSSR count). The zero-order valence-electron chi connectivity index (χ0n) is 19.9. The van der Waals surface area contributed by atoms with Gasteiger partial charge in [-0.2, -0.15) is 0 Å². The Bertz CT molecular complexity index is 860. The molecule has 188 valence electrons. The zero-order chi connectivity index (χ0) is 25.1. The zero-order valence-corrected chi connectivity index (χ0v) is 21.6. The molecular formula is C23H33N3O6S2. The molecule has 3 amide bonds. The second-order valence-electron chi connectivity index (χ2n) is 8.74. The van der Waals surface area contributed by atoms with Crippen LogP contribution in [0.5, 0.6) is 0 Å². The van der Waals surface area contributed by atoms with E-state index >= 15 is 0 Å². The topological polar surface area (TPSA) is 120 Å². The van der Waals surface area contributed by atoms with Crippen LogP contribution in [0.1, 0.15) is 56.7 Å². The van der Waals surface area contributed by atoms with Crippen LogP contribution in [0.3, 0.4) is 0 Å². The second kappa shape index (κ2) is 13.2. The summed E-state index contributed by atoms with van der Waals surface area (Å²) in [4.78, 5) is 39.8. The van der Waals surface area contributed by atoms with E-state index in [0.717, 1.165) is 9.75 Å². The van der Waals surface area contributed by atoms with E-state index in [1.54, 1.807) is 25.7 Å². The van der Waals surface area contributed by atoms with Crippen molar-refractivity contribution in [3.63, 3.8) is 0 Å². The van der Waals surface area contributed by atoms with Crippen molar-refractivity contribution in [2.45, 2.75) is 78.0 Å². The number of hydrogen-bond donors (Lipinski definition) is 2. The quantitative estimate of drug-likeness (QED) is 0.387. The van der Waals surface area contributed by atoms with E-state index in [2.05, 4.69) is 5.32 Å². The standard InChI is InChI=1S/C23H33N3O6S2/c1-16(25-21(28)32-23(2,3)4)8-5-11-19(30-20(24)27)31-22(29)26(14-17-9-6-12-33-17)15-18-10-7-13-34-18/h6-7,9-10,12-13,16,19H,5,8,11,14-15H2,1-4H3,(H2,24,27)(H,25,28). The van der Waals surface area contributed by atoms with Crippen LogP contribution >= 0.6 is 22.7 Å². The van der Waals surface area contributed by atoms with E-state index in [4.69, 9.17) is 19.9 Å². The maximum absolute atomic E-state index is 13.0. The summed E-state index contributed by atoms with van der Waals surface area (Å²) < 4.78 is 15.8. The van der Waals surface area contributed by atoms with Crippen molar-refractivity contribution in [1.82, 2.24) is 10.2 Å². The van der Waals surface area contributed by atoms with Gasteiger partial charge < -0.3 is 25.3 Å². The van der Waals surface area contributed by atoms with Gasteiger partial charge in [-0.05, 0) is 63.4 Å². The maximum Gasteiger partial charge on any atom is 0.413 e. The summed E-state index contributed by atoms with van der Waals surface area (Å²) in [5, 5.41) is 6.63. The summed E-state index contributed by atoms with van der Waals surface area (Å²) in [5.74, 6) is 0. The Morgan fingerprint density at radius 3 is 2.09 bits per heavy atom. The first-order valence-electron chi connectivity index (χ1n) is 11.0. The van der Waals surface area contributed by atoms with Crippen molar-refractivity contribution in [1.29, 1.82) is 0 Å². The van der Waals surface area contributed by atoms with Gasteiger partial charge in [0.05, 0.1) is 13.1 Å². The van der Waals surface area contributed by atoms with Crippen LogP contribution in [0.2, 0.25) is 0 Å². The number of amides is 3. The van der Waals surface area contributed by atoms with E-state index in [0.29, 0.717) is 25.9 Å². The van der Waals surface area contributed by atoms with Crippen LogP contribution in [0.15, 0.2) is 35.0 Å². The molecule has 34 heavy (non-hydrogen) atoms. The van der Waals surface area contributed by atoms with Gasteiger partial charge in [-0.25, -0.2) is 14.4 Å². The molecule has 0 radical (unpaired) electrons. The highest BCUT2D eigenvalue weighted by Gasteiger charge is 2.24. The number of carbonyl (C=O) groups excluding carboxylic acids is 3. The number of nitrogens with two attached hydrogens (primary N) is 1. The number of hydrogen-bond acceptors (Lipinski definition) is 8. The molecule has 0 aliphatic rings. The second-order valence-corrected chi connectivity index (χ2v) is 10.8. The van der Waals surface area contributed by atoms with E-state index in [1.807, 2.05) is 41.9 Å². The molecule has 9 nitrogen and oxygen atoms in total. The fraction of sp³-hybridized carbons (Fsp3) is 0.522. The first-order chi connectivity index (χ1) is 16.0. The van der Waals surface area contributed by atoms with Gasteiger partial charge in [-0.3, -0.25) is 4.90 Å². The summed E-state index contributed by atoms with van der Waals surface area (Å²) in [6, 6.07) is 7.53. The minimum Gasteiger partial charge on any atom is -0.444 e. The molecule has 0 bridgehead atoms. The van der Waals surface area contributed by atoms with Crippen LogP contribution in [-0.2, 0) is 27.3 Å². The Labute approximate surface area is 208 Å². The summed E-state index contributed by atoms with van der Waals surface area (Å²) in [7, 11) is 0. The van der Waals surface area contributed by atoms with Crippen molar-refractivity contribution in [2.24, 2.45) is 5.73 Å². The van der Waals surface area contributed by atoms with Crippen molar-refractivity contribution in [3.05, 3.63) is 44.8 Å². The van der Waals surface area contributed by atoms with Crippen molar-refractivity contribution < 1.29 is 28.6 Å². The number of carbonyl (C=O) groups is 3. The number of alkyl carbamates (subject to hydrolysis) is 1. The van der Waals surface area contributed by atoms with E-state index in [-0.39, 0.29) is 12.5 Å². The minimum atomic E-state index is -1.13. The van der Waals surface area contributed by atoms with E-state index < -0.39 is 30.2 Å². The normalized spacial score (nSPS) is 12.9. The summed E-state index contributed by atoms with van der Waals surface area (Å²) in [5.41, 5.74) is 4.60. The summed E-state index contributed by atoms with van der Waals surface area (Å²) >= 11 is 3.08. The number of ether oxygens (including phenoxy) is 3. The first kappa shape index (κ1) is 27.5. The lowest BCUT2D eigenvalue weighted by Gasteiger charge is -2.25. The highest BCUT2D eigenvalue weighted by molar-refractivity contribution is 7.10. The van der Waals surface area contributed by atoms with Gasteiger partial charge in [0.25, 0.3) is 6.29 Å². The molecule has 11 heteroatoms. The fourth-order valence-corrected chi connectivity index (χ4v) is 4.44. The fourth-order valence-electron chi connectivity index (χ4n) is 3.00. The number of rotatable bonds is 11. The number of nitrogens with zero attached hydrogens (tertiary/aromatic N) is 1. The van der Waals surface area contributed by atoms with Gasteiger partial charge in [-0.1, -0.05) is 12.1 Å². The lowest BCUT2D eigenvalue weighted by atomic mass is 10.1. The van der Waals surface area contributed by atoms with E-state index in [9.17, 15) is 14.4 Å². The van der Waals surface area contributed by atoms with Gasteiger partial charge in [-0.15, -0.1) is 22.7 Å². The molecule has 2 unspecified atom stereocenters. The molecule has 2 aromatic heterocycles. The highest BCUT2D eigenvalue weighted by Crippen LogP contribution is 2.19. The molecule has 2 heterocycles. The third kappa shape index (κ3) is 10.9. The van der Waals surface area contributed by atoms with Crippen molar-refractivity contribution >= 4 is 41.0 Å². The van der Waals surface area contributed by atoms with Gasteiger partial charge in [0.15, 0.2) is 0 Å². The Morgan fingerprint density at radius 1 is 1.03 bits per heavy atom. The lowest BCUT2D eigenvalue weighted by molar-refractivity contribution is -0.0753. The molecule has 0 saturated carbocycles. The molecule has 0 saturated heterocycles. The van der Waals surface area contributed by atoms with Crippen LogP contribution in [-0.4, -0.2) is 41.1 Å². The average molecular weight is 512 g/mol.